The van der Waals surface area contributed by atoms with E-state index < -0.39 is 0 Å². The summed E-state index contributed by atoms with van der Waals surface area (Å²) in [4.78, 5) is 25.1. The lowest BCUT2D eigenvalue weighted by molar-refractivity contribution is -0.122. The van der Waals surface area contributed by atoms with Gasteiger partial charge < -0.3 is 19.7 Å². The van der Waals surface area contributed by atoms with Crippen molar-refractivity contribution in [2.75, 3.05) is 32.2 Å². The van der Waals surface area contributed by atoms with E-state index in [2.05, 4.69) is 5.32 Å². The van der Waals surface area contributed by atoms with Crippen molar-refractivity contribution >= 4 is 17.5 Å². The van der Waals surface area contributed by atoms with Gasteiger partial charge in [0.2, 0.25) is 11.8 Å². The molecule has 0 heterocycles. The van der Waals surface area contributed by atoms with E-state index in [-0.39, 0.29) is 17.7 Å². The lowest BCUT2D eigenvalue weighted by Gasteiger charge is -2.22. The quantitative estimate of drug-likeness (QED) is 0.830. The number of anilines is 1. The second-order valence-corrected chi connectivity index (χ2v) is 5.28. The molecular formula is C16H22N2O4. The Morgan fingerprint density at radius 2 is 1.91 bits per heavy atom. The van der Waals surface area contributed by atoms with Crippen LogP contribution in [-0.4, -0.2) is 39.1 Å². The molecule has 1 aliphatic rings. The molecule has 0 atom stereocenters. The Balaban J connectivity index is 2.03. The molecule has 1 fully saturated rings. The molecule has 0 aromatic heterocycles. The zero-order chi connectivity index (χ0) is 16.1. The Hall–Kier alpha value is -2.24. The van der Waals surface area contributed by atoms with Gasteiger partial charge in [-0.25, -0.2) is 0 Å². The van der Waals surface area contributed by atoms with Crippen molar-refractivity contribution in [1.29, 1.82) is 0 Å². The second-order valence-electron chi connectivity index (χ2n) is 5.28. The van der Waals surface area contributed by atoms with Crippen molar-refractivity contribution in [3.63, 3.8) is 0 Å². The fraction of sp³-hybridized carbons (Fsp3) is 0.500. The van der Waals surface area contributed by atoms with E-state index in [0.717, 1.165) is 12.8 Å². The standard InChI is InChI=1S/C16H22N2O4/c1-11(19)18(9-8-17-16(20)12-4-5-12)13-6-7-14(21-2)15(10-13)22-3/h6-7,10,12H,4-5,8-9H2,1-3H3,(H,17,20). The number of nitrogens with one attached hydrogen (secondary N) is 1. The molecule has 2 rings (SSSR count). The SMILES string of the molecule is COc1ccc(N(CCNC(=O)C2CC2)C(C)=O)cc1OC. The number of benzene rings is 1. The van der Waals surface area contributed by atoms with Crippen LogP contribution >= 0.6 is 0 Å². The summed E-state index contributed by atoms with van der Waals surface area (Å²) >= 11 is 0. The molecule has 6 nitrogen and oxygen atoms in total. The second kappa shape index (κ2) is 7.15. The van der Waals surface area contributed by atoms with E-state index in [4.69, 9.17) is 9.47 Å². The fourth-order valence-corrected chi connectivity index (χ4v) is 2.24. The molecule has 2 amide bonds. The van der Waals surface area contributed by atoms with Crippen LogP contribution in [0.15, 0.2) is 18.2 Å². The zero-order valence-corrected chi connectivity index (χ0v) is 13.2. The van der Waals surface area contributed by atoms with Gasteiger partial charge in [-0.3, -0.25) is 9.59 Å². The fourth-order valence-electron chi connectivity index (χ4n) is 2.24. The molecular weight excluding hydrogens is 284 g/mol. The molecule has 0 aliphatic heterocycles. The molecule has 1 N–H and O–H groups in total. The highest BCUT2D eigenvalue weighted by atomic mass is 16.5. The minimum absolute atomic E-state index is 0.0795. The summed E-state index contributed by atoms with van der Waals surface area (Å²) in [5.74, 6) is 1.33. The number of ether oxygens (including phenoxy) is 2. The zero-order valence-electron chi connectivity index (χ0n) is 13.2. The van der Waals surface area contributed by atoms with Crippen LogP contribution in [0.1, 0.15) is 19.8 Å². The third kappa shape index (κ3) is 3.90. The third-order valence-corrected chi connectivity index (χ3v) is 3.64. The number of carbonyl (C=O) groups excluding carboxylic acids is 2. The van der Waals surface area contributed by atoms with Crippen LogP contribution in [0.25, 0.3) is 0 Å². The van der Waals surface area contributed by atoms with Crippen molar-refractivity contribution in [2.24, 2.45) is 5.92 Å². The van der Waals surface area contributed by atoms with E-state index in [1.165, 1.54) is 6.92 Å². The summed E-state index contributed by atoms with van der Waals surface area (Å²) in [6.07, 6.45) is 1.94. The predicted octanol–water partition coefficient (Wildman–Crippen LogP) is 1.58. The Bertz CT molecular complexity index is 555. The Morgan fingerprint density at radius 3 is 2.45 bits per heavy atom. The first kappa shape index (κ1) is 16.1. The highest BCUT2D eigenvalue weighted by molar-refractivity contribution is 5.92. The van der Waals surface area contributed by atoms with Crippen molar-refractivity contribution < 1.29 is 19.1 Å². The first-order chi connectivity index (χ1) is 10.6. The highest BCUT2D eigenvalue weighted by Gasteiger charge is 2.29. The summed E-state index contributed by atoms with van der Waals surface area (Å²) in [5, 5.41) is 2.86. The van der Waals surface area contributed by atoms with Gasteiger partial charge in [-0.05, 0) is 25.0 Å². The van der Waals surface area contributed by atoms with Crippen LogP contribution in [-0.2, 0) is 9.59 Å². The Kier molecular flexibility index (Phi) is 5.25. The number of hydrogen-bond donors (Lipinski definition) is 1. The van der Waals surface area contributed by atoms with Gasteiger partial charge in [-0.15, -0.1) is 0 Å². The lowest BCUT2D eigenvalue weighted by atomic mass is 10.2. The van der Waals surface area contributed by atoms with Gasteiger partial charge in [0, 0.05) is 37.7 Å². The molecule has 1 aromatic carbocycles. The largest absolute Gasteiger partial charge is 0.493 e. The van der Waals surface area contributed by atoms with E-state index >= 15 is 0 Å². The van der Waals surface area contributed by atoms with Gasteiger partial charge in [-0.1, -0.05) is 0 Å². The van der Waals surface area contributed by atoms with Gasteiger partial charge in [0.1, 0.15) is 0 Å². The molecule has 22 heavy (non-hydrogen) atoms. The van der Waals surface area contributed by atoms with Gasteiger partial charge in [0.05, 0.1) is 14.2 Å². The van der Waals surface area contributed by atoms with Crippen LogP contribution in [0.4, 0.5) is 5.69 Å². The minimum Gasteiger partial charge on any atom is -0.493 e. The summed E-state index contributed by atoms with van der Waals surface area (Å²) in [6.45, 7) is 2.35. The molecule has 0 saturated heterocycles. The summed E-state index contributed by atoms with van der Waals surface area (Å²) in [5.41, 5.74) is 0.714. The van der Waals surface area contributed by atoms with E-state index in [0.29, 0.717) is 30.3 Å². The summed E-state index contributed by atoms with van der Waals surface area (Å²) < 4.78 is 10.4. The predicted molar refractivity (Wildman–Crippen MR) is 83.3 cm³/mol. The van der Waals surface area contributed by atoms with Gasteiger partial charge in [-0.2, -0.15) is 0 Å². The molecule has 120 valence electrons. The molecule has 0 radical (unpaired) electrons. The Morgan fingerprint density at radius 1 is 1.23 bits per heavy atom. The highest BCUT2D eigenvalue weighted by Crippen LogP contribution is 2.31. The number of amides is 2. The van der Waals surface area contributed by atoms with E-state index in [1.807, 2.05) is 0 Å². The third-order valence-electron chi connectivity index (χ3n) is 3.64. The minimum atomic E-state index is -0.0899. The molecule has 0 spiro atoms. The van der Waals surface area contributed by atoms with Crippen LogP contribution in [0.2, 0.25) is 0 Å². The molecule has 0 bridgehead atoms. The normalized spacial score (nSPS) is 13.4. The Labute approximate surface area is 130 Å². The lowest BCUT2D eigenvalue weighted by Crippen LogP contribution is -2.38. The van der Waals surface area contributed by atoms with E-state index in [1.54, 1.807) is 37.3 Å². The van der Waals surface area contributed by atoms with Crippen LogP contribution in [0.3, 0.4) is 0 Å². The molecule has 0 unspecified atom stereocenters. The molecule has 1 aromatic rings. The molecule has 1 aliphatic carbocycles. The van der Waals surface area contributed by atoms with Crippen molar-refractivity contribution in [3.05, 3.63) is 18.2 Å². The topological polar surface area (TPSA) is 67.9 Å². The number of methoxy groups -OCH3 is 2. The maximum absolute atomic E-state index is 11.9. The van der Waals surface area contributed by atoms with Crippen molar-refractivity contribution in [3.8, 4) is 11.5 Å². The first-order valence-corrected chi connectivity index (χ1v) is 7.34. The monoisotopic (exact) mass is 306 g/mol. The number of rotatable bonds is 7. The van der Waals surface area contributed by atoms with Crippen LogP contribution < -0.4 is 19.7 Å². The maximum atomic E-state index is 11.9. The van der Waals surface area contributed by atoms with Gasteiger partial charge in [0.25, 0.3) is 0 Å². The van der Waals surface area contributed by atoms with Crippen LogP contribution in [0, 0.1) is 5.92 Å². The van der Waals surface area contributed by atoms with Gasteiger partial charge >= 0.3 is 0 Å². The average molecular weight is 306 g/mol. The number of nitrogens with zero attached hydrogens (tertiary/aromatic N) is 1. The molecule has 6 heteroatoms. The van der Waals surface area contributed by atoms with Crippen molar-refractivity contribution in [1.82, 2.24) is 5.32 Å². The number of hydrogen-bond acceptors (Lipinski definition) is 4. The van der Waals surface area contributed by atoms with Crippen LogP contribution in [0.5, 0.6) is 11.5 Å². The maximum Gasteiger partial charge on any atom is 0.223 e. The summed E-state index contributed by atoms with van der Waals surface area (Å²) in [7, 11) is 3.11. The smallest absolute Gasteiger partial charge is 0.223 e. The first-order valence-electron chi connectivity index (χ1n) is 7.34. The average Bonchev–Trinajstić information content (AvgIpc) is 3.35. The van der Waals surface area contributed by atoms with E-state index in [9.17, 15) is 9.59 Å². The van der Waals surface area contributed by atoms with Crippen molar-refractivity contribution in [2.45, 2.75) is 19.8 Å². The van der Waals surface area contributed by atoms with Gasteiger partial charge in [0.15, 0.2) is 11.5 Å². The summed E-state index contributed by atoms with van der Waals surface area (Å²) in [6, 6.07) is 5.31. The number of carbonyl (C=O) groups is 2. The molecule has 1 saturated carbocycles.